The molecule has 0 N–H and O–H groups in total. The van der Waals surface area contributed by atoms with Crippen LogP contribution in [0.25, 0.3) is 44.6 Å². The van der Waals surface area contributed by atoms with Crippen molar-refractivity contribution in [3.63, 3.8) is 0 Å². The van der Waals surface area contributed by atoms with E-state index in [0.717, 1.165) is 44.6 Å². The van der Waals surface area contributed by atoms with Crippen LogP contribution in [0.3, 0.4) is 0 Å². The maximum atomic E-state index is 6.31. The second-order valence-electron chi connectivity index (χ2n) is 8.99. The third-order valence-corrected chi connectivity index (χ3v) is 6.75. The molecule has 1 aliphatic rings. The summed E-state index contributed by atoms with van der Waals surface area (Å²) in [4.78, 5) is 4.60. The average molecular weight is 686 g/mol. The van der Waals surface area contributed by atoms with E-state index >= 15 is 0 Å². The summed E-state index contributed by atoms with van der Waals surface area (Å²) in [7, 11) is 0. The van der Waals surface area contributed by atoms with E-state index in [4.69, 9.17) is 9.47 Å². The smallest absolute Gasteiger partial charge is 0.514 e. The average Bonchev–Trinajstić information content (AvgIpc) is 3.54. The molecule has 0 amide bonds. The Morgan fingerprint density at radius 2 is 1.51 bits per heavy atom. The zero-order valence-corrected chi connectivity index (χ0v) is 22.6. The van der Waals surface area contributed by atoms with E-state index in [0.29, 0.717) is 22.9 Å². The van der Waals surface area contributed by atoms with E-state index in [1.165, 1.54) is 0 Å². The number of fused-ring (bicyclic) bond motifs is 8. The molecule has 7 aromatic rings. The topological polar surface area (TPSA) is 54.1 Å². The van der Waals surface area contributed by atoms with Gasteiger partial charge in [-0.1, -0.05) is 41.9 Å². The quantitative estimate of drug-likeness (QED) is 0.181. The van der Waals surface area contributed by atoms with Gasteiger partial charge < -0.3 is 14.0 Å². The Bertz CT molecular complexity index is 2000. The Labute approximate surface area is 238 Å². The summed E-state index contributed by atoms with van der Waals surface area (Å²) in [5.74, 6) is 3.37. The molecule has 0 radical (unpaired) electrons. The normalized spacial score (nSPS) is 11.6. The number of aromatic nitrogens is 4. The molecule has 3 aromatic heterocycles. The number of para-hydroxylation sites is 2. The fourth-order valence-corrected chi connectivity index (χ4v) is 5.10. The van der Waals surface area contributed by atoms with Crippen molar-refractivity contribution in [3.05, 3.63) is 122 Å². The SMILES string of the molecule is [Pt+2].[c-]1c(Oc2[c-]c3c(cc2)c2ccccc2n3-c2ccccn2)ccc2c1-n1nccc1-c1ccccc1O2. The first-order chi connectivity index (χ1) is 18.8. The number of hydrogen-bond donors (Lipinski definition) is 0. The molecule has 6 nitrogen and oxygen atoms in total. The van der Waals surface area contributed by atoms with Gasteiger partial charge in [0.1, 0.15) is 11.6 Å². The molecule has 7 heteroatoms. The van der Waals surface area contributed by atoms with Crippen LogP contribution < -0.4 is 9.47 Å². The third-order valence-electron chi connectivity index (χ3n) is 6.75. The maximum Gasteiger partial charge on any atom is 2.00 e. The van der Waals surface area contributed by atoms with Crippen LogP contribution in [-0.4, -0.2) is 19.3 Å². The van der Waals surface area contributed by atoms with Gasteiger partial charge in [0.25, 0.3) is 0 Å². The van der Waals surface area contributed by atoms with Gasteiger partial charge in [0.05, 0.1) is 5.69 Å². The Morgan fingerprint density at radius 3 is 2.44 bits per heavy atom. The molecule has 0 fully saturated rings. The fraction of sp³-hybridized carbons (Fsp3) is 0. The summed E-state index contributed by atoms with van der Waals surface area (Å²) >= 11 is 0. The van der Waals surface area contributed by atoms with Crippen molar-refractivity contribution in [2.75, 3.05) is 0 Å². The van der Waals surface area contributed by atoms with Gasteiger partial charge in [-0.3, -0.25) is 4.68 Å². The van der Waals surface area contributed by atoms with Crippen LogP contribution in [0, 0.1) is 12.1 Å². The Kier molecular flexibility index (Phi) is 5.57. The first-order valence-corrected chi connectivity index (χ1v) is 12.3. The molecular formula is C32H18N4O2Pt. The first kappa shape index (κ1) is 23.4. The number of pyridine rings is 1. The predicted molar refractivity (Wildman–Crippen MR) is 145 cm³/mol. The largest absolute Gasteiger partial charge is 2.00 e. The number of rotatable bonds is 3. The van der Waals surface area contributed by atoms with Crippen molar-refractivity contribution in [2.45, 2.75) is 0 Å². The van der Waals surface area contributed by atoms with E-state index in [-0.39, 0.29) is 21.1 Å². The van der Waals surface area contributed by atoms with Crippen molar-refractivity contribution in [1.82, 2.24) is 19.3 Å². The molecule has 0 spiro atoms. The fourth-order valence-electron chi connectivity index (χ4n) is 5.10. The van der Waals surface area contributed by atoms with Crippen LogP contribution in [0.5, 0.6) is 23.0 Å². The van der Waals surface area contributed by atoms with Crippen molar-refractivity contribution >= 4 is 21.8 Å². The molecule has 4 aromatic carbocycles. The van der Waals surface area contributed by atoms with Crippen LogP contribution in [0.2, 0.25) is 0 Å². The summed E-state index contributed by atoms with van der Waals surface area (Å²) in [6.45, 7) is 0. The van der Waals surface area contributed by atoms with Crippen molar-refractivity contribution in [1.29, 1.82) is 0 Å². The van der Waals surface area contributed by atoms with Crippen LogP contribution in [0.4, 0.5) is 0 Å². The molecule has 0 aliphatic carbocycles. The number of ether oxygens (including phenoxy) is 2. The zero-order chi connectivity index (χ0) is 25.1. The van der Waals surface area contributed by atoms with E-state index < -0.39 is 0 Å². The van der Waals surface area contributed by atoms with Gasteiger partial charge in [0.15, 0.2) is 0 Å². The minimum absolute atomic E-state index is 0. The molecule has 0 bridgehead atoms. The minimum Gasteiger partial charge on any atom is -0.514 e. The standard InChI is InChI=1S/C32H18N4O2.Pt/c1-3-9-26-23(7-1)24-14-12-21(19-28(24)35(26)32-11-5-6-17-33-32)37-22-13-15-31-29(20-22)36-27(16-18-34-36)25-8-2-4-10-30(25)38-31;/h1-18H;/q-2;+2. The molecule has 0 saturated heterocycles. The monoisotopic (exact) mass is 685 g/mol. The second-order valence-corrected chi connectivity index (χ2v) is 8.99. The zero-order valence-electron chi connectivity index (χ0n) is 20.3. The van der Waals surface area contributed by atoms with Crippen molar-refractivity contribution in [3.8, 4) is 45.8 Å². The number of benzene rings is 4. The third kappa shape index (κ3) is 3.76. The Morgan fingerprint density at radius 1 is 0.692 bits per heavy atom. The maximum absolute atomic E-state index is 6.31. The van der Waals surface area contributed by atoms with Crippen molar-refractivity contribution < 1.29 is 30.5 Å². The van der Waals surface area contributed by atoms with Crippen LogP contribution in [0.15, 0.2) is 109 Å². The summed E-state index contributed by atoms with van der Waals surface area (Å²) in [5, 5.41) is 6.76. The second kappa shape index (κ2) is 9.26. The van der Waals surface area contributed by atoms with Crippen LogP contribution >= 0.6 is 0 Å². The van der Waals surface area contributed by atoms with Gasteiger partial charge in [-0.2, -0.15) is 11.2 Å². The first-order valence-electron chi connectivity index (χ1n) is 12.3. The summed E-state index contributed by atoms with van der Waals surface area (Å²) in [5.41, 5.74) is 4.54. The van der Waals surface area contributed by atoms with Gasteiger partial charge in [-0.15, -0.1) is 35.7 Å². The van der Waals surface area contributed by atoms with Gasteiger partial charge in [-0.05, 0) is 47.5 Å². The van der Waals surface area contributed by atoms with E-state index in [1.807, 2.05) is 83.5 Å². The van der Waals surface area contributed by atoms with Gasteiger partial charge in [-0.25, -0.2) is 4.98 Å². The van der Waals surface area contributed by atoms with Crippen LogP contribution in [-0.2, 0) is 21.1 Å². The van der Waals surface area contributed by atoms with E-state index in [9.17, 15) is 0 Å². The van der Waals surface area contributed by atoms with Gasteiger partial charge in [0.2, 0.25) is 0 Å². The molecule has 1 aliphatic heterocycles. The van der Waals surface area contributed by atoms with E-state index in [2.05, 4.69) is 45.0 Å². The molecule has 39 heavy (non-hydrogen) atoms. The van der Waals surface area contributed by atoms with Crippen molar-refractivity contribution in [2.24, 2.45) is 0 Å². The molecule has 8 rings (SSSR count). The molecular weight excluding hydrogens is 667 g/mol. The summed E-state index contributed by atoms with van der Waals surface area (Å²) in [6.07, 6.45) is 3.57. The predicted octanol–water partition coefficient (Wildman–Crippen LogP) is 7.53. The Balaban J connectivity index is 0.00000253. The van der Waals surface area contributed by atoms with E-state index in [1.54, 1.807) is 12.4 Å². The summed E-state index contributed by atoms with van der Waals surface area (Å²) in [6, 6.07) is 38.7. The number of hydrogen-bond acceptors (Lipinski definition) is 4. The molecule has 0 unspecified atom stereocenters. The molecule has 0 atom stereocenters. The number of nitrogens with zero attached hydrogens (tertiary/aromatic N) is 4. The van der Waals surface area contributed by atoms with Gasteiger partial charge >= 0.3 is 21.1 Å². The molecule has 0 saturated carbocycles. The molecule has 188 valence electrons. The van der Waals surface area contributed by atoms with Crippen LogP contribution in [0.1, 0.15) is 0 Å². The summed E-state index contributed by atoms with van der Waals surface area (Å²) < 4.78 is 16.5. The Hall–Kier alpha value is -4.67. The van der Waals surface area contributed by atoms with Gasteiger partial charge in [0, 0.05) is 40.7 Å². The minimum atomic E-state index is 0. The molecule has 4 heterocycles.